The average Bonchev–Trinajstić information content (AvgIpc) is 3.42. The Balaban J connectivity index is 1.62. The molecule has 186 valence electrons. The zero-order valence-electron chi connectivity index (χ0n) is 20.8. The molecule has 7 nitrogen and oxygen atoms in total. The van der Waals surface area contributed by atoms with Gasteiger partial charge in [0.1, 0.15) is 12.7 Å². The van der Waals surface area contributed by atoms with Gasteiger partial charge in [-0.1, -0.05) is 18.1 Å². The molecule has 0 aromatic carbocycles. The van der Waals surface area contributed by atoms with Crippen LogP contribution < -0.4 is 0 Å². The highest BCUT2D eigenvalue weighted by Gasteiger charge is 2.79. The highest BCUT2D eigenvalue weighted by atomic mass is 16.6. The number of carbonyl (C=O) groups is 3. The lowest BCUT2D eigenvalue weighted by atomic mass is 9.42. The topological polar surface area (TPSA) is 82.1 Å². The van der Waals surface area contributed by atoms with Crippen molar-refractivity contribution in [1.82, 2.24) is 4.90 Å². The van der Waals surface area contributed by atoms with Crippen molar-refractivity contribution in [3.05, 3.63) is 11.1 Å². The molecule has 2 heterocycles. The van der Waals surface area contributed by atoms with E-state index in [2.05, 4.69) is 11.8 Å². The number of rotatable bonds is 4. The van der Waals surface area contributed by atoms with Crippen molar-refractivity contribution in [2.45, 2.75) is 71.4 Å². The number of ether oxygens (including phenoxy) is 3. The molecule has 0 aromatic heterocycles. The Morgan fingerprint density at radius 3 is 2.56 bits per heavy atom. The number of hydrogen-bond acceptors (Lipinski definition) is 7. The Hall–Kier alpha value is -1.89. The third-order valence-corrected chi connectivity index (χ3v) is 10.8. The van der Waals surface area contributed by atoms with E-state index in [9.17, 15) is 14.4 Å². The second-order valence-electron chi connectivity index (χ2n) is 11.9. The number of methoxy groups -OCH3 is 1. The fourth-order valence-electron chi connectivity index (χ4n) is 10.0. The van der Waals surface area contributed by atoms with Crippen LogP contribution in [-0.4, -0.2) is 61.8 Å². The van der Waals surface area contributed by atoms with Crippen LogP contribution in [0.3, 0.4) is 0 Å². The predicted octanol–water partition coefficient (Wildman–Crippen LogP) is 3.12. The molecule has 6 rings (SSSR count). The maximum Gasteiger partial charge on any atom is 0.309 e. The molecule has 2 saturated heterocycles. The Morgan fingerprint density at radius 2 is 1.85 bits per heavy atom. The number of esters is 3. The lowest BCUT2D eigenvalue weighted by Crippen LogP contribution is -2.73. The lowest BCUT2D eigenvalue weighted by molar-refractivity contribution is -0.239. The van der Waals surface area contributed by atoms with Gasteiger partial charge in [0.15, 0.2) is 0 Å². The highest BCUT2D eigenvalue weighted by Crippen LogP contribution is 2.77. The van der Waals surface area contributed by atoms with Crippen LogP contribution in [0.5, 0.6) is 0 Å². The van der Waals surface area contributed by atoms with Gasteiger partial charge in [0.2, 0.25) is 0 Å². The van der Waals surface area contributed by atoms with Crippen molar-refractivity contribution in [1.29, 1.82) is 0 Å². The van der Waals surface area contributed by atoms with Gasteiger partial charge >= 0.3 is 17.9 Å². The first-order chi connectivity index (χ1) is 16.2. The molecule has 34 heavy (non-hydrogen) atoms. The first-order valence-corrected chi connectivity index (χ1v) is 13.1. The summed E-state index contributed by atoms with van der Waals surface area (Å²) in [6, 6.07) is 0.291. The third-order valence-electron chi connectivity index (χ3n) is 10.8. The summed E-state index contributed by atoms with van der Waals surface area (Å²) < 4.78 is 17.5. The quantitative estimate of drug-likeness (QED) is 0.354. The minimum Gasteiger partial charge on any atom is -0.469 e. The maximum atomic E-state index is 13.2. The van der Waals surface area contributed by atoms with Crippen LogP contribution in [0.25, 0.3) is 0 Å². The van der Waals surface area contributed by atoms with Crippen molar-refractivity contribution < 1.29 is 28.6 Å². The first-order valence-electron chi connectivity index (χ1n) is 13.1. The normalized spacial score (nSPS) is 46.1. The molecular formula is C27H37NO6. The predicted molar refractivity (Wildman–Crippen MR) is 122 cm³/mol. The molecule has 7 heteroatoms. The van der Waals surface area contributed by atoms with E-state index < -0.39 is 5.41 Å². The van der Waals surface area contributed by atoms with Crippen LogP contribution >= 0.6 is 0 Å². The number of piperidine rings is 1. The zero-order chi connectivity index (χ0) is 24.0. The monoisotopic (exact) mass is 471 g/mol. The fraction of sp³-hybridized carbons (Fsp3) is 0.815. The molecule has 0 aromatic rings. The zero-order valence-corrected chi connectivity index (χ0v) is 20.8. The summed E-state index contributed by atoms with van der Waals surface area (Å²) in [6.45, 7) is 7.53. The summed E-state index contributed by atoms with van der Waals surface area (Å²) in [5.41, 5.74) is 2.15. The van der Waals surface area contributed by atoms with E-state index in [-0.39, 0.29) is 53.8 Å². The summed E-state index contributed by atoms with van der Waals surface area (Å²) in [5.74, 6) is 0.432. The van der Waals surface area contributed by atoms with E-state index in [1.54, 1.807) is 0 Å². The van der Waals surface area contributed by atoms with Gasteiger partial charge in [0, 0.05) is 38.4 Å². The molecule has 0 amide bonds. The van der Waals surface area contributed by atoms with Crippen LogP contribution in [0, 0.1) is 40.4 Å². The lowest BCUT2D eigenvalue weighted by Gasteiger charge is -2.67. The average molecular weight is 472 g/mol. The number of carbonyl (C=O) groups excluding carboxylic acids is 3. The molecule has 4 aliphatic carbocycles. The minimum absolute atomic E-state index is 0.122. The fourth-order valence-corrected chi connectivity index (χ4v) is 10.0. The first kappa shape index (κ1) is 22.6. The summed E-state index contributed by atoms with van der Waals surface area (Å²) in [7, 11) is 1.49. The molecule has 6 aliphatic rings. The second kappa shape index (κ2) is 7.55. The van der Waals surface area contributed by atoms with E-state index in [4.69, 9.17) is 14.2 Å². The van der Waals surface area contributed by atoms with Crippen molar-refractivity contribution >= 4 is 17.9 Å². The number of allylic oxidation sites excluding steroid dienone is 1. The van der Waals surface area contributed by atoms with Crippen LogP contribution in [0.15, 0.2) is 11.1 Å². The van der Waals surface area contributed by atoms with Gasteiger partial charge in [0.05, 0.1) is 18.4 Å². The Labute approximate surface area is 201 Å². The van der Waals surface area contributed by atoms with Crippen molar-refractivity contribution in [3.8, 4) is 0 Å². The summed E-state index contributed by atoms with van der Waals surface area (Å²) >= 11 is 0. The van der Waals surface area contributed by atoms with Crippen LogP contribution in [-0.2, 0) is 28.6 Å². The van der Waals surface area contributed by atoms with E-state index in [1.807, 2.05) is 0 Å². The third kappa shape index (κ3) is 2.65. The summed E-state index contributed by atoms with van der Waals surface area (Å²) in [5, 5.41) is 0. The van der Waals surface area contributed by atoms with Crippen molar-refractivity contribution in [2.24, 2.45) is 40.4 Å². The van der Waals surface area contributed by atoms with Crippen molar-refractivity contribution in [2.75, 3.05) is 26.8 Å². The SMILES string of the molecule is COC(=O)[C@@H]1C[C@@]23C4=C(CC[C@@H]5CN6C[C@@H](C)[C@@H](C[C@@H](OC(C)=O)[C@@]52COC(C)=O)C63)CC[C@@H]41. The largest absolute Gasteiger partial charge is 0.469 e. The molecule has 2 saturated carbocycles. The molecule has 0 radical (unpaired) electrons. The van der Waals surface area contributed by atoms with Crippen LogP contribution in [0.4, 0.5) is 0 Å². The van der Waals surface area contributed by atoms with Gasteiger partial charge in [0.25, 0.3) is 0 Å². The molecule has 4 fully saturated rings. The highest BCUT2D eigenvalue weighted by molar-refractivity contribution is 5.75. The van der Waals surface area contributed by atoms with Gasteiger partial charge in [-0.3, -0.25) is 19.3 Å². The maximum absolute atomic E-state index is 13.2. The smallest absolute Gasteiger partial charge is 0.309 e. The Bertz CT molecular complexity index is 974. The molecule has 2 aliphatic heterocycles. The van der Waals surface area contributed by atoms with E-state index >= 15 is 0 Å². The van der Waals surface area contributed by atoms with E-state index in [0.29, 0.717) is 24.3 Å². The number of hydrogen-bond donors (Lipinski definition) is 0. The van der Waals surface area contributed by atoms with Crippen LogP contribution in [0.2, 0.25) is 0 Å². The molecular weight excluding hydrogens is 434 g/mol. The minimum atomic E-state index is -0.505. The number of nitrogens with zero attached hydrogens (tertiary/aromatic N) is 1. The summed E-state index contributed by atoms with van der Waals surface area (Å²) in [4.78, 5) is 40.5. The van der Waals surface area contributed by atoms with Crippen LogP contribution in [0.1, 0.15) is 59.3 Å². The van der Waals surface area contributed by atoms with Gasteiger partial charge < -0.3 is 14.2 Å². The van der Waals surface area contributed by atoms with Gasteiger partial charge in [-0.25, -0.2) is 0 Å². The second-order valence-corrected chi connectivity index (χ2v) is 11.9. The summed E-state index contributed by atoms with van der Waals surface area (Å²) in [6.07, 6.45) is 5.27. The Kier molecular flexibility index (Phi) is 5.01. The van der Waals surface area contributed by atoms with Gasteiger partial charge in [-0.05, 0) is 62.2 Å². The van der Waals surface area contributed by atoms with Gasteiger partial charge in [-0.2, -0.15) is 0 Å². The standard InChI is InChI=1S/C27H37NO6/c1-14-11-28-12-18-7-5-17-6-8-19-21(25(31)32-4)10-26(23(17)19)24(28)20(14)9-22(34-16(3)30)27(18,26)13-33-15(2)29/h14,18-22,24H,5-13H2,1-4H3/t14-,18-,19-,20-,21-,22-,24?,26+,27-/m1/s1. The molecule has 0 N–H and O–H groups in total. The molecule has 9 atom stereocenters. The molecule has 1 unspecified atom stereocenters. The van der Waals surface area contributed by atoms with E-state index in [0.717, 1.165) is 45.2 Å². The molecule has 1 spiro atoms. The molecule has 4 bridgehead atoms. The Morgan fingerprint density at radius 1 is 1.09 bits per heavy atom. The van der Waals surface area contributed by atoms with Gasteiger partial charge in [-0.15, -0.1) is 0 Å². The van der Waals surface area contributed by atoms with Crippen molar-refractivity contribution in [3.63, 3.8) is 0 Å². The van der Waals surface area contributed by atoms with E-state index in [1.165, 1.54) is 32.1 Å².